The van der Waals surface area contributed by atoms with Crippen LogP contribution in [0.15, 0.2) is 52.4 Å². The number of aliphatic imine (C=N–C) groups is 1. The Labute approximate surface area is 156 Å². The van der Waals surface area contributed by atoms with E-state index in [4.69, 9.17) is 16.7 Å². The maximum Gasteiger partial charge on any atom is 0.303 e. The quantitative estimate of drug-likeness (QED) is 0.760. The Bertz CT molecular complexity index is 986. The highest BCUT2D eigenvalue weighted by Gasteiger charge is 2.28. The SMILES string of the molecule is O=C(O)CCCC/N=C1\c2ccccc2NS(=O)(=O)c2cc(Cl)ccc21. The summed E-state index contributed by atoms with van der Waals surface area (Å²) in [6.45, 7) is 0.402. The first-order valence-corrected chi connectivity index (χ1v) is 9.93. The third-order valence-corrected chi connectivity index (χ3v) is 5.62. The van der Waals surface area contributed by atoms with Gasteiger partial charge >= 0.3 is 5.97 Å². The Morgan fingerprint density at radius 3 is 2.65 bits per heavy atom. The Balaban J connectivity index is 2.06. The molecule has 0 aliphatic carbocycles. The molecule has 3 rings (SSSR count). The van der Waals surface area contributed by atoms with E-state index in [1.54, 1.807) is 30.3 Å². The number of carbonyl (C=O) groups is 1. The fraction of sp³-hybridized carbons (Fsp3) is 0.222. The van der Waals surface area contributed by atoms with E-state index in [1.807, 2.05) is 6.07 Å². The van der Waals surface area contributed by atoms with Crippen LogP contribution in [0.1, 0.15) is 30.4 Å². The average Bonchev–Trinajstić information content (AvgIpc) is 2.67. The molecule has 0 radical (unpaired) electrons. The number of nitrogens with one attached hydrogen (secondary N) is 1. The molecule has 0 fully saturated rings. The molecule has 1 aliphatic rings. The van der Waals surface area contributed by atoms with Gasteiger partial charge in [-0.05, 0) is 37.1 Å². The van der Waals surface area contributed by atoms with Gasteiger partial charge in [-0.15, -0.1) is 0 Å². The molecule has 1 aliphatic heterocycles. The van der Waals surface area contributed by atoms with Crippen molar-refractivity contribution in [3.05, 3.63) is 58.6 Å². The molecule has 0 atom stereocenters. The first kappa shape index (κ1) is 18.4. The lowest BCUT2D eigenvalue weighted by molar-refractivity contribution is -0.137. The van der Waals surface area contributed by atoms with Gasteiger partial charge in [0.2, 0.25) is 0 Å². The summed E-state index contributed by atoms with van der Waals surface area (Å²) in [4.78, 5) is 15.3. The van der Waals surface area contributed by atoms with E-state index < -0.39 is 16.0 Å². The Hall–Kier alpha value is -2.38. The zero-order valence-corrected chi connectivity index (χ0v) is 15.3. The second kappa shape index (κ2) is 7.47. The normalized spacial score (nSPS) is 16.3. The number of fused-ring (bicyclic) bond motifs is 2. The highest BCUT2D eigenvalue weighted by molar-refractivity contribution is 7.92. The first-order valence-electron chi connectivity index (χ1n) is 8.07. The van der Waals surface area contributed by atoms with Crippen molar-refractivity contribution in [2.45, 2.75) is 24.2 Å². The summed E-state index contributed by atoms with van der Waals surface area (Å²) in [5, 5.41) is 9.04. The number of hydrogen-bond donors (Lipinski definition) is 2. The number of carboxylic acids is 1. The second-order valence-corrected chi connectivity index (χ2v) is 7.96. The maximum absolute atomic E-state index is 12.7. The number of anilines is 1. The van der Waals surface area contributed by atoms with Crippen LogP contribution in [0.5, 0.6) is 0 Å². The summed E-state index contributed by atoms with van der Waals surface area (Å²) in [6, 6.07) is 11.7. The van der Waals surface area contributed by atoms with Gasteiger partial charge in [-0.2, -0.15) is 0 Å². The number of benzene rings is 2. The molecule has 2 aromatic carbocycles. The molecule has 0 aromatic heterocycles. The molecule has 0 amide bonds. The van der Waals surface area contributed by atoms with Crippen LogP contribution in [0.2, 0.25) is 5.02 Å². The van der Waals surface area contributed by atoms with Gasteiger partial charge in [-0.3, -0.25) is 14.5 Å². The number of hydrogen-bond acceptors (Lipinski definition) is 4. The standard InChI is InChI=1S/C18H17ClN2O4S/c19-12-8-9-14-16(11-12)26(24,25)21-15-6-2-1-5-13(15)18(14)20-10-4-3-7-17(22)23/h1-2,5-6,8-9,11,21H,3-4,7,10H2,(H,22,23)/b20-18+. The molecule has 0 bridgehead atoms. The molecule has 6 nitrogen and oxygen atoms in total. The lowest BCUT2D eigenvalue weighted by Crippen LogP contribution is -2.13. The van der Waals surface area contributed by atoms with Crippen molar-refractivity contribution in [2.24, 2.45) is 4.99 Å². The zero-order chi connectivity index (χ0) is 18.7. The number of sulfonamides is 1. The lowest BCUT2D eigenvalue weighted by atomic mass is 10.0. The molecule has 0 saturated heterocycles. The number of rotatable bonds is 5. The van der Waals surface area contributed by atoms with E-state index in [0.29, 0.717) is 46.9 Å². The Kier molecular flexibility index (Phi) is 5.29. The fourth-order valence-corrected chi connectivity index (χ4v) is 4.34. The van der Waals surface area contributed by atoms with Crippen molar-refractivity contribution in [1.29, 1.82) is 0 Å². The Morgan fingerprint density at radius 2 is 1.88 bits per heavy atom. The van der Waals surface area contributed by atoms with E-state index in [2.05, 4.69) is 9.71 Å². The molecule has 0 spiro atoms. The Morgan fingerprint density at radius 1 is 1.12 bits per heavy atom. The lowest BCUT2D eigenvalue weighted by Gasteiger charge is -2.09. The van der Waals surface area contributed by atoms with Crippen molar-refractivity contribution in [3.63, 3.8) is 0 Å². The first-order chi connectivity index (χ1) is 12.4. The predicted molar refractivity (Wildman–Crippen MR) is 101 cm³/mol. The number of aliphatic carboxylic acids is 1. The average molecular weight is 393 g/mol. The van der Waals surface area contributed by atoms with Gasteiger partial charge in [-0.1, -0.05) is 29.8 Å². The summed E-state index contributed by atoms with van der Waals surface area (Å²) in [7, 11) is -3.79. The van der Waals surface area contributed by atoms with Crippen LogP contribution < -0.4 is 4.72 Å². The number of unbranched alkanes of at least 4 members (excludes halogenated alkanes) is 1. The molecule has 2 aromatic rings. The maximum atomic E-state index is 12.7. The molecular weight excluding hydrogens is 376 g/mol. The van der Waals surface area contributed by atoms with Crippen molar-refractivity contribution in [1.82, 2.24) is 0 Å². The highest BCUT2D eigenvalue weighted by Crippen LogP contribution is 2.32. The minimum absolute atomic E-state index is 0.0745. The van der Waals surface area contributed by atoms with Crippen LogP contribution in [0.25, 0.3) is 0 Å². The second-order valence-electron chi connectivity index (χ2n) is 5.87. The molecule has 0 saturated carbocycles. The van der Waals surface area contributed by atoms with Crippen LogP contribution in [0.3, 0.4) is 0 Å². The van der Waals surface area contributed by atoms with Gasteiger partial charge in [0.15, 0.2) is 0 Å². The number of para-hydroxylation sites is 1. The summed E-state index contributed by atoms with van der Waals surface area (Å²) < 4.78 is 28.0. The van der Waals surface area contributed by atoms with E-state index in [-0.39, 0.29) is 11.3 Å². The van der Waals surface area contributed by atoms with Crippen molar-refractivity contribution in [3.8, 4) is 0 Å². The van der Waals surface area contributed by atoms with Gasteiger partial charge in [-0.25, -0.2) is 8.42 Å². The van der Waals surface area contributed by atoms with Crippen LogP contribution in [-0.4, -0.2) is 31.8 Å². The summed E-state index contributed by atoms with van der Waals surface area (Å²) in [5.41, 5.74) is 2.15. The van der Waals surface area contributed by atoms with Gasteiger partial charge in [0.05, 0.1) is 16.3 Å². The largest absolute Gasteiger partial charge is 0.481 e. The summed E-state index contributed by atoms with van der Waals surface area (Å²) in [5.74, 6) is -0.840. The van der Waals surface area contributed by atoms with E-state index in [0.717, 1.165) is 0 Å². The summed E-state index contributed by atoms with van der Waals surface area (Å²) >= 11 is 6.00. The summed E-state index contributed by atoms with van der Waals surface area (Å²) in [6.07, 6.45) is 1.20. The van der Waals surface area contributed by atoms with Crippen LogP contribution in [0, 0.1) is 0 Å². The van der Waals surface area contributed by atoms with E-state index >= 15 is 0 Å². The van der Waals surface area contributed by atoms with Gasteiger partial charge in [0.25, 0.3) is 10.0 Å². The minimum atomic E-state index is -3.79. The van der Waals surface area contributed by atoms with E-state index in [1.165, 1.54) is 6.07 Å². The van der Waals surface area contributed by atoms with Crippen molar-refractivity contribution in [2.75, 3.05) is 11.3 Å². The number of nitrogens with zero attached hydrogens (tertiary/aromatic N) is 1. The number of carboxylic acid groups (broad SMARTS) is 1. The molecule has 2 N–H and O–H groups in total. The fourth-order valence-electron chi connectivity index (χ4n) is 2.79. The van der Waals surface area contributed by atoms with Crippen molar-refractivity contribution >= 4 is 39.0 Å². The van der Waals surface area contributed by atoms with Gasteiger partial charge in [0, 0.05) is 29.1 Å². The monoisotopic (exact) mass is 392 g/mol. The van der Waals surface area contributed by atoms with Gasteiger partial charge in [0.1, 0.15) is 0 Å². The van der Waals surface area contributed by atoms with Gasteiger partial charge < -0.3 is 5.11 Å². The van der Waals surface area contributed by atoms with Crippen LogP contribution in [-0.2, 0) is 14.8 Å². The van der Waals surface area contributed by atoms with Crippen molar-refractivity contribution < 1.29 is 18.3 Å². The molecule has 8 heteroatoms. The van der Waals surface area contributed by atoms with Crippen LogP contribution in [0.4, 0.5) is 5.69 Å². The third kappa shape index (κ3) is 3.89. The molecule has 1 heterocycles. The molecule has 0 unspecified atom stereocenters. The molecular formula is C18H17ClN2O4S. The number of halogens is 1. The van der Waals surface area contributed by atoms with Crippen LogP contribution >= 0.6 is 11.6 Å². The smallest absolute Gasteiger partial charge is 0.303 e. The van der Waals surface area contributed by atoms with E-state index in [9.17, 15) is 13.2 Å². The predicted octanol–water partition coefficient (Wildman–Crippen LogP) is 3.55. The molecule has 136 valence electrons. The minimum Gasteiger partial charge on any atom is -0.481 e. The highest BCUT2D eigenvalue weighted by atomic mass is 35.5. The third-order valence-electron chi connectivity index (χ3n) is 3.98. The molecule has 26 heavy (non-hydrogen) atoms. The topological polar surface area (TPSA) is 95.8 Å². The zero-order valence-electron chi connectivity index (χ0n) is 13.8.